The Morgan fingerprint density at radius 1 is 0.927 bits per heavy atom. The van der Waals surface area contributed by atoms with Crippen LogP contribution in [0.5, 0.6) is 11.5 Å². The monoisotopic (exact) mass is 551 g/mol. The maximum atomic E-state index is 11.5. The number of benzene rings is 3. The molecule has 1 atom stereocenters. The smallest absolute Gasteiger partial charge is 0.323 e. The number of nitriles is 1. The Hall–Kier alpha value is -5.31. The van der Waals surface area contributed by atoms with Gasteiger partial charge in [0.15, 0.2) is 11.3 Å². The third-order valence-corrected chi connectivity index (χ3v) is 6.33. The molecule has 206 valence electrons. The minimum absolute atomic E-state index is 0.0171. The molecule has 2 aromatic heterocycles. The van der Waals surface area contributed by atoms with Gasteiger partial charge >= 0.3 is 5.97 Å². The number of rotatable bonds is 12. The van der Waals surface area contributed by atoms with Crippen molar-refractivity contribution in [1.82, 2.24) is 20.6 Å². The molecule has 5 aromatic rings. The highest BCUT2D eigenvalue weighted by molar-refractivity contribution is 5.86. The predicted octanol–water partition coefficient (Wildman–Crippen LogP) is 3.85. The number of carboxylic acids is 1. The first-order valence-corrected chi connectivity index (χ1v) is 12.7. The molecule has 0 saturated carbocycles. The highest BCUT2D eigenvalue weighted by Crippen LogP contribution is 2.35. The number of nitrogens with zero attached hydrogens (tertiary/aromatic N) is 4. The molecule has 3 N–H and O–H groups in total. The number of hydrogen-bond acceptors (Lipinski definition) is 10. The van der Waals surface area contributed by atoms with Crippen molar-refractivity contribution in [1.29, 1.82) is 5.26 Å². The van der Waals surface area contributed by atoms with E-state index in [0.29, 0.717) is 33.7 Å². The van der Waals surface area contributed by atoms with Crippen molar-refractivity contribution < 1.29 is 29.1 Å². The van der Waals surface area contributed by atoms with Crippen LogP contribution < -0.4 is 14.8 Å². The Kier molecular flexibility index (Phi) is 8.44. The third kappa shape index (κ3) is 6.47. The summed E-state index contributed by atoms with van der Waals surface area (Å²) in [5.74, 6) is -0.511. The summed E-state index contributed by atoms with van der Waals surface area (Å²) < 4.78 is 17.3. The number of aliphatic hydroxyl groups excluding tert-OH is 1. The Labute approximate surface area is 234 Å². The van der Waals surface area contributed by atoms with E-state index >= 15 is 0 Å². The maximum Gasteiger partial charge on any atom is 0.323 e. The molecule has 11 heteroatoms. The molecule has 41 heavy (non-hydrogen) atoms. The summed E-state index contributed by atoms with van der Waals surface area (Å²) in [4.78, 5) is 15.4. The van der Waals surface area contributed by atoms with Crippen LogP contribution in [0.15, 0.2) is 83.6 Å². The molecule has 0 unspecified atom stereocenters. The third-order valence-electron chi connectivity index (χ3n) is 6.33. The van der Waals surface area contributed by atoms with Crippen LogP contribution in [0.2, 0.25) is 0 Å². The Morgan fingerprint density at radius 3 is 2.41 bits per heavy atom. The van der Waals surface area contributed by atoms with Crippen molar-refractivity contribution in [2.45, 2.75) is 25.8 Å². The molecule has 0 aliphatic heterocycles. The number of aliphatic hydroxyl groups is 1. The van der Waals surface area contributed by atoms with Gasteiger partial charge in [0, 0.05) is 24.4 Å². The number of hydrogen-bond donors (Lipinski definition) is 3. The lowest BCUT2D eigenvalue weighted by Crippen LogP contribution is -2.39. The fourth-order valence-corrected chi connectivity index (χ4v) is 4.22. The van der Waals surface area contributed by atoms with Gasteiger partial charge < -0.3 is 19.7 Å². The van der Waals surface area contributed by atoms with E-state index in [1.165, 1.54) is 6.20 Å². The Morgan fingerprint density at radius 2 is 1.66 bits per heavy atom. The van der Waals surface area contributed by atoms with Crippen LogP contribution >= 0.6 is 0 Å². The van der Waals surface area contributed by atoms with Crippen LogP contribution in [-0.2, 0) is 24.6 Å². The normalized spacial score (nSPS) is 11.6. The SMILES string of the molecule is N#Cc1cc(COc2cc(OCc3cccc(-c4ccccc4)c3)c3nonc3c2CN[C@H](CO)C(=O)O)ccn1. The molecule has 0 saturated heterocycles. The minimum Gasteiger partial charge on any atom is -0.488 e. The van der Waals surface area contributed by atoms with Gasteiger partial charge in [-0.15, -0.1) is 0 Å². The van der Waals surface area contributed by atoms with E-state index in [2.05, 4.69) is 20.6 Å². The van der Waals surface area contributed by atoms with E-state index in [1.54, 1.807) is 18.2 Å². The molecule has 2 heterocycles. The molecular formula is C30H25N5O6. The van der Waals surface area contributed by atoms with Crippen molar-refractivity contribution in [2.75, 3.05) is 6.61 Å². The molecule has 0 spiro atoms. The number of nitrogens with one attached hydrogen (secondary N) is 1. The summed E-state index contributed by atoms with van der Waals surface area (Å²) >= 11 is 0. The summed E-state index contributed by atoms with van der Waals surface area (Å²) in [6, 6.07) is 23.8. The Balaban J connectivity index is 1.44. The van der Waals surface area contributed by atoms with E-state index in [9.17, 15) is 20.3 Å². The van der Waals surface area contributed by atoms with Crippen LogP contribution in [0.3, 0.4) is 0 Å². The zero-order valence-corrected chi connectivity index (χ0v) is 21.7. The molecule has 0 aliphatic rings. The van der Waals surface area contributed by atoms with E-state index in [1.807, 2.05) is 60.7 Å². The van der Waals surface area contributed by atoms with Gasteiger partial charge in [0.25, 0.3) is 0 Å². The first-order chi connectivity index (χ1) is 20.1. The Bertz CT molecular complexity index is 1700. The average Bonchev–Trinajstić information content (AvgIpc) is 3.51. The summed E-state index contributed by atoms with van der Waals surface area (Å²) in [5, 5.41) is 38.8. The number of aliphatic carboxylic acids is 1. The molecule has 3 aromatic carbocycles. The van der Waals surface area contributed by atoms with Gasteiger partial charge in [0.1, 0.15) is 42.3 Å². The highest BCUT2D eigenvalue weighted by Gasteiger charge is 2.22. The number of aromatic nitrogens is 3. The van der Waals surface area contributed by atoms with Crippen molar-refractivity contribution in [2.24, 2.45) is 0 Å². The standard InChI is InChI=1S/C30H25N5O6/c31-14-23-12-20(9-10-32-23)18-39-26-13-27(29-28(34-41-35-29)24(26)15-33-25(16-36)30(37)38)40-17-19-5-4-8-22(11-19)21-6-2-1-3-7-21/h1-13,25,33,36H,15-18H2,(H,37,38)/t25-/m1/s1. The number of fused-ring (bicyclic) bond motifs is 1. The molecule has 11 nitrogen and oxygen atoms in total. The van der Waals surface area contributed by atoms with Crippen LogP contribution in [0.4, 0.5) is 0 Å². The minimum atomic E-state index is -1.21. The zero-order valence-electron chi connectivity index (χ0n) is 21.7. The van der Waals surface area contributed by atoms with Crippen LogP contribution in [0, 0.1) is 11.3 Å². The topological polar surface area (TPSA) is 164 Å². The summed E-state index contributed by atoms with van der Waals surface area (Å²) in [5.41, 5.74) is 5.13. The number of carboxylic acid groups (broad SMARTS) is 1. The average molecular weight is 552 g/mol. The van der Waals surface area contributed by atoms with E-state index in [-0.39, 0.29) is 25.5 Å². The first-order valence-electron chi connectivity index (χ1n) is 12.7. The molecule has 0 radical (unpaired) electrons. The second-order valence-corrected chi connectivity index (χ2v) is 9.07. The van der Waals surface area contributed by atoms with E-state index in [4.69, 9.17) is 14.1 Å². The number of pyridine rings is 1. The van der Waals surface area contributed by atoms with Crippen molar-refractivity contribution in [3.05, 3.63) is 101 Å². The summed E-state index contributed by atoms with van der Waals surface area (Å²) in [6.45, 7) is -0.317. The lowest BCUT2D eigenvalue weighted by molar-refractivity contribution is -0.140. The van der Waals surface area contributed by atoms with Gasteiger partial charge in [-0.3, -0.25) is 10.1 Å². The van der Waals surface area contributed by atoms with Gasteiger partial charge in [-0.1, -0.05) is 48.5 Å². The predicted molar refractivity (Wildman–Crippen MR) is 147 cm³/mol. The van der Waals surface area contributed by atoms with Crippen LogP contribution in [0.1, 0.15) is 22.4 Å². The number of carbonyl (C=O) groups is 1. The molecule has 5 rings (SSSR count). The fourth-order valence-electron chi connectivity index (χ4n) is 4.22. The zero-order chi connectivity index (χ0) is 28.6. The molecular weight excluding hydrogens is 526 g/mol. The highest BCUT2D eigenvalue weighted by atomic mass is 16.6. The van der Waals surface area contributed by atoms with E-state index in [0.717, 1.165) is 16.7 Å². The molecule has 0 amide bonds. The fraction of sp³-hybridized carbons (Fsp3) is 0.167. The summed E-state index contributed by atoms with van der Waals surface area (Å²) in [6.07, 6.45) is 1.52. The summed E-state index contributed by atoms with van der Waals surface area (Å²) in [7, 11) is 0. The largest absolute Gasteiger partial charge is 0.488 e. The molecule has 0 aliphatic carbocycles. The quantitative estimate of drug-likeness (QED) is 0.206. The number of ether oxygens (including phenoxy) is 2. The van der Waals surface area contributed by atoms with Crippen LogP contribution in [-0.4, -0.2) is 44.1 Å². The maximum absolute atomic E-state index is 11.5. The van der Waals surface area contributed by atoms with E-state index < -0.39 is 18.6 Å². The second-order valence-electron chi connectivity index (χ2n) is 9.07. The van der Waals surface area contributed by atoms with Crippen molar-refractivity contribution in [3.8, 4) is 28.7 Å². The van der Waals surface area contributed by atoms with Gasteiger partial charge in [-0.2, -0.15) is 5.26 Å². The van der Waals surface area contributed by atoms with Gasteiger partial charge in [0.05, 0.1) is 6.61 Å². The lowest BCUT2D eigenvalue weighted by Gasteiger charge is -2.17. The van der Waals surface area contributed by atoms with Gasteiger partial charge in [0.2, 0.25) is 0 Å². The van der Waals surface area contributed by atoms with Crippen molar-refractivity contribution in [3.63, 3.8) is 0 Å². The first kappa shape index (κ1) is 27.3. The second kappa shape index (κ2) is 12.7. The van der Waals surface area contributed by atoms with Crippen molar-refractivity contribution >= 4 is 17.0 Å². The van der Waals surface area contributed by atoms with Gasteiger partial charge in [-0.05, 0) is 50.8 Å². The lowest BCUT2D eigenvalue weighted by atomic mass is 10.0. The van der Waals surface area contributed by atoms with Gasteiger partial charge in [-0.25, -0.2) is 9.61 Å². The molecule has 0 fully saturated rings. The molecule has 0 bridgehead atoms. The van der Waals surface area contributed by atoms with Crippen LogP contribution in [0.25, 0.3) is 22.2 Å².